The van der Waals surface area contributed by atoms with E-state index in [9.17, 15) is 9.90 Å². The van der Waals surface area contributed by atoms with Gasteiger partial charge >= 0.3 is 6.09 Å². The van der Waals surface area contributed by atoms with Crippen molar-refractivity contribution in [3.05, 3.63) is 0 Å². The normalized spacial score (nSPS) is 28.3. The average Bonchev–Trinajstić information content (AvgIpc) is 2.60. The standard InChI is InChI=1S/C13H24N2O4/c1-12(2,3)19-11(16)15-6-10(7-15)14-8-13(17)4-5-18-9-13/h10,14,17H,4-9H2,1-3H3. The number of rotatable bonds is 3. The first-order valence-electron chi connectivity index (χ1n) is 6.79. The summed E-state index contributed by atoms with van der Waals surface area (Å²) >= 11 is 0. The molecule has 2 rings (SSSR count). The SMILES string of the molecule is CC(C)(C)OC(=O)N1CC(NCC2(O)CCOC2)C1. The fourth-order valence-electron chi connectivity index (χ4n) is 2.15. The topological polar surface area (TPSA) is 71.0 Å². The molecule has 2 saturated heterocycles. The van der Waals surface area contributed by atoms with Gasteiger partial charge in [0.05, 0.1) is 6.61 Å². The summed E-state index contributed by atoms with van der Waals surface area (Å²) in [6.07, 6.45) is 0.399. The fraction of sp³-hybridized carbons (Fsp3) is 0.923. The van der Waals surface area contributed by atoms with Crippen LogP contribution in [0.1, 0.15) is 27.2 Å². The second kappa shape index (κ2) is 5.26. The third-order valence-electron chi connectivity index (χ3n) is 3.34. The van der Waals surface area contributed by atoms with Gasteiger partial charge in [0.15, 0.2) is 0 Å². The number of amides is 1. The lowest BCUT2D eigenvalue weighted by Gasteiger charge is -2.41. The van der Waals surface area contributed by atoms with E-state index in [1.54, 1.807) is 4.90 Å². The van der Waals surface area contributed by atoms with Crippen LogP contribution in [0.4, 0.5) is 4.79 Å². The van der Waals surface area contributed by atoms with Crippen molar-refractivity contribution in [2.75, 3.05) is 32.8 Å². The summed E-state index contributed by atoms with van der Waals surface area (Å²) in [6.45, 7) is 8.36. The molecule has 2 fully saturated rings. The van der Waals surface area contributed by atoms with Crippen molar-refractivity contribution in [3.63, 3.8) is 0 Å². The highest BCUT2D eigenvalue weighted by molar-refractivity contribution is 5.69. The molecular weight excluding hydrogens is 248 g/mol. The van der Waals surface area contributed by atoms with Crippen LogP contribution in [0.2, 0.25) is 0 Å². The molecule has 2 N–H and O–H groups in total. The highest BCUT2D eigenvalue weighted by Gasteiger charge is 2.37. The molecule has 6 nitrogen and oxygen atoms in total. The number of aliphatic hydroxyl groups is 1. The largest absolute Gasteiger partial charge is 0.444 e. The van der Waals surface area contributed by atoms with E-state index in [0.29, 0.717) is 39.3 Å². The molecule has 1 unspecified atom stereocenters. The van der Waals surface area contributed by atoms with Crippen LogP contribution in [0.25, 0.3) is 0 Å². The predicted molar refractivity (Wildman–Crippen MR) is 70.0 cm³/mol. The van der Waals surface area contributed by atoms with Gasteiger partial charge in [0.25, 0.3) is 0 Å². The molecule has 110 valence electrons. The van der Waals surface area contributed by atoms with E-state index in [1.165, 1.54) is 0 Å². The minimum absolute atomic E-state index is 0.233. The lowest BCUT2D eigenvalue weighted by atomic mass is 10.0. The second-order valence-corrected chi connectivity index (χ2v) is 6.49. The van der Waals surface area contributed by atoms with Gasteiger partial charge in [-0.15, -0.1) is 0 Å². The Morgan fingerprint density at radius 1 is 1.53 bits per heavy atom. The number of nitrogens with one attached hydrogen (secondary N) is 1. The van der Waals surface area contributed by atoms with Crippen LogP contribution >= 0.6 is 0 Å². The zero-order valence-corrected chi connectivity index (χ0v) is 11.9. The van der Waals surface area contributed by atoms with E-state index in [0.717, 1.165) is 0 Å². The highest BCUT2D eigenvalue weighted by atomic mass is 16.6. The maximum absolute atomic E-state index is 11.7. The molecule has 0 aromatic carbocycles. The lowest BCUT2D eigenvalue weighted by molar-refractivity contribution is -0.00371. The molecule has 19 heavy (non-hydrogen) atoms. The first kappa shape index (κ1) is 14.6. The van der Waals surface area contributed by atoms with E-state index in [4.69, 9.17) is 9.47 Å². The first-order valence-corrected chi connectivity index (χ1v) is 6.79. The van der Waals surface area contributed by atoms with Crippen LogP contribution in [0.15, 0.2) is 0 Å². The lowest BCUT2D eigenvalue weighted by Crippen LogP contribution is -2.62. The van der Waals surface area contributed by atoms with E-state index in [-0.39, 0.29) is 12.1 Å². The van der Waals surface area contributed by atoms with Gasteiger partial charge in [0, 0.05) is 38.7 Å². The van der Waals surface area contributed by atoms with Crippen LogP contribution in [0.3, 0.4) is 0 Å². The Bertz CT molecular complexity index is 328. The Balaban J connectivity index is 1.65. The van der Waals surface area contributed by atoms with Gasteiger partial charge in [-0.1, -0.05) is 0 Å². The maximum atomic E-state index is 11.7. The molecule has 0 aliphatic carbocycles. The number of nitrogens with zero attached hydrogens (tertiary/aromatic N) is 1. The molecular formula is C13H24N2O4. The Kier molecular flexibility index (Phi) is 4.03. The number of hydrogen-bond donors (Lipinski definition) is 2. The summed E-state index contributed by atoms with van der Waals surface area (Å²) in [5.74, 6) is 0. The highest BCUT2D eigenvalue weighted by Crippen LogP contribution is 2.19. The van der Waals surface area contributed by atoms with Crippen molar-refractivity contribution in [2.24, 2.45) is 0 Å². The molecule has 0 saturated carbocycles. The van der Waals surface area contributed by atoms with Crippen molar-refractivity contribution < 1.29 is 19.4 Å². The predicted octanol–water partition coefficient (Wildman–Crippen LogP) is 0.347. The van der Waals surface area contributed by atoms with Gasteiger partial charge in [-0.3, -0.25) is 0 Å². The van der Waals surface area contributed by atoms with Gasteiger partial charge in [-0.05, 0) is 20.8 Å². The number of ether oxygens (including phenoxy) is 2. The summed E-state index contributed by atoms with van der Waals surface area (Å²) in [5.41, 5.74) is -1.20. The number of carbonyl (C=O) groups is 1. The van der Waals surface area contributed by atoms with Crippen molar-refractivity contribution in [2.45, 2.75) is 44.4 Å². The fourth-order valence-corrected chi connectivity index (χ4v) is 2.15. The van der Waals surface area contributed by atoms with Crippen molar-refractivity contribution >= 4 is 6.09 Å². The van der Waals surface area contributed by atoms with E-state index in [2.05, 4.69) is 5.32 Å². The van der Waals surface area contributed by atoms with Gasteiger partial charge in [-0.25, -0.2) is 4.79 Å². The van der Waals surface area contributed by atoms with Gasteiger partial charge in [0.2, 0.25) is 0 Å². The zero-order chi connectivity index (χ0) is 14.1. The third-order valence-corrected chi connectivity index (χ3v) is 3.34. The molecule has 2 heterocycles. The van der Waals surface area contributed by atoms with Gasteiger partial charge < -0.3 is 24.8 Å². The van der Waals surface area contributed by atoms with Gasteiger partial charge in [0.1, 0.15) is 11.2 Å². The Morgan fingerprint density at radius 2 is 2.21 bits per heavy atom. The van der Waals surface area contributed by atoms with E-state index >= 15 is 0 Å². The summed E-state index contributed by atoms with van der Waals surface area (Å²) in [7, 11) is 0. The Morgan fingerprint density at radius 3 is 2.74 bits per heavy atom. The molecule has 1 atom stereocenters. The summed E-state index contributed by atoms with van der Waals surface area (Å²) in [4.78, 5) is 13.4. The average molecular weight is 272 g/mol. The second-order valence-electron chi connectivity index (χ2n) is 6.49. The Hall–Kier alpha value is -0.850. The Labute approximate surface area is 114 Å². The van der Waals surface area contributed by atoms with E-state index < -0.39 is 11.2 Å². The monoisotopic (exact) mass is 272 g/mol. The van der Waals surface area contributed by atoms with Crippen molar-refractivity contribution in [3.8, 4) is 0 Å². The molecule has 2 aliphatic heterocycles. The molecule has 6 heteroatoms. The molecule has 1 amide bonds. The number of hydrogen-bond acceptors (Lipinski definition) is 5. The third kappa shape index (κ3) is 4.06. The zero-order valence-electron chi connectivity index (χ0n) is 11.9. The summed E-state index contributed by atoms with van der Waals surface area (Å²) < 4.78 is 10.5. The summed E-state index contributed by atoms with van der Waals surface area (Å²) in [5, 5.41) is 13.4. The van der Waals surface area contributed by atoms with Crippen LogP contribution in [0.5, 0.6) is 0 Å². The minimum Gasteiger partial charge on any atom is -0.444 e. The maximum Gasteiger partial charge on any atom is 0.410 e. The van der Waals surface area contributed by atoms with Crippen LogP contribution in [-0.2, 0) is 9.47 Å². The molecule has 2 aliphatic rings. The molecule has 0 aromatic heterocycles. The van der Waals surface area contributed by atoms with Crippen LogP contribution in [0, 0.1) is 0 Å². The van der Waals surface area contributed by atoms with Crippen LogP contribution in [-0.4, -0.2) is 66.2 Å². The molecule has 0 aromatic rings. The molecule has 0 radical (unpaired) electrons. The van der Waals surface area contributed by atoms with Gasteiger partial charge in [-0.2, -0.15) is 0 Å². The van der Waals surface area contributed by atoms with Crippen molar-refractivity contribution in [1.29, 1.82) is 0 Å². The summed E-state index contributed by atoms with van der Waals surface area (Å²) in [6, 6.07) is 0.233. The molecule has 0 bridgehead atoms. The number of carbonyl (C=O) groups excluding carboxylic acids is 1. The van der Waals surface area contributed by atoms with Crippen molar-refractivity contribution in [1.82, 2.24) is 10.2 Å². The molecule has 0 spiro atoms. The van der Waals surface area contributed by atoms with E-state index in [1.807, 2.05) is 20.8 Å². The quantitative estimate of drug-likeness (QED) is 0.775. The minimum atomic E-state index is -0.744. The first-order chi connectivity index (χ1) is 8.77. The smallest absolute Gasteiger partial charge is 0.410 e. The van der Waals surface area contributed by atoms with Crippen LogP contribution < -0.4 is 5.32 Å². The number of likely N-dealkylation sites (tertiary alicyclic amines) is 1.